The Kier molecular flexibility index (Phi) is 6.74. The summed E-state index contributed by atoms with van der Waals surface area (Å²) in [5.41, 5.74) is 5.17. The molecule has 2 aromatic heterocycles. The SMILES string of the molecule is COc1ccc(Cn2nccc2NC(=O)CSc2nnnn2-c2cc(C)ccc2C)cc1C. The third-order valence-corrected chi connectivity index (χ3v) is 6.06. The summed E-state index contributed by atoms with van der Waals surface area (Å²) in [6.07, 6.45) is 1.67. The van der Waals surface area contributed by atoms with E-state index in [4.69, 9.17) is 4.74 Å². The number of aromatic nitrogens is 6. The minimum Gasteiger partial charge on any atom is -0.496 e. The molecule has 0 unspecified atom stereocenters. The largest absolute Gasteiger partial charge is 0.496 e. The second kappa shape index (κ2) is 9.86. The molecule has 4 rings (SSSR count). The fraction of sp³-hybridized carbons (Fsp3) is 0.261. The third kappa shape index (κ3) is 5.23. The fourth-order valence-electron chi connectivity index (χ4n) is 3.45. The maximum Gasteiger partial charge on any atom is 0.235 e. The van der Waals surface area contributed by atoms with Gasteiger partial charge in [-0.15, -0.1) is 5.10 Å². The van der Waals surface area contributed by atoms with E-state index in [1.54, 1.807) is 28.7 Å². The highest BCUT2D eigenvalue weighted by molar-refractivity contribution is 7.99. The molecule has 0 spiro atoms. The number of rotatable bonds is 8. The Morgan fingerprint density at radius 1 is 1.09 bits per heavy atom. The molecule has 1 N–H and O–H groups in total. The molecular formula is C23H25N7O2S. The van der Waals surface area contributed by atoms with Gasteiger partial charge in [0.05, 0.1) is 31.3 Å². The summed E-state index contributed by atoms with van der Waals surface area (Å²) < 4.78 is 8.74. The predicted octanol–water partition coefficient (Wildman–Crippen LogP) is 3.57. The van der Waals surface area contributed by atoms with Gasteiger partial charge in [0.15, 0.2) is 0 Å². The Morgan fingerprint density at radius 2 is 1.94 bits per heavy atom. The Hall–Kier alpha value is -3.66. The van der Waals surface area contributed by atoms with Crippen molar-refractivity contribution in [3.05, 3.63) is 70.9 Å². The molecule has 170 valence electrons. The van der Waals surface area contributed by atoms with Crippen LogP contribution in [0.25, 0.3) is 5.69 Å². The topological polar surface area (TPSA) is 99.8 Å². The summed E-state index contributed by atoms with van der Waals surface area (Å²) in [5.74, 6) is 1.47. The van der Waals surface area contributed by atoms with Crippen LogP contribution in [0.1, 0.15) is 22.3 Å². The van der Waals surface area contributed by atoms with E-state index >= 15 is 0 Å². The van der Waals surface area contributed by atoms with Crippen LogP contribution in [0.15, 0.2) is 53.8 Å². The van der Waals surface area contributed by atoms with E-state index in [0.29, 0.717) is 17.5 Å². The molecule has 0 atom stereocenters. The zero-order valence-corrected chi connectivity index (χ0v) is 19.8. The minimum atomic E-state index is -0.164. The zero-order valence-electron chi connectivity index (χ0n) is 18.9. The van der Waals surface area contributed by atoms with Crippen molar-refractivity contribution in [2.24, 2.45) is 0 Å². The summed E-state index contributed by atoms with van der Waals surface area (Å²) in [5, 5.41) is 19.8. The normalized spacial score (nSPS) is 10.9. The van der Waals surface area contributed by atoms with E-state index in [9.17, 15) is 4.79 Å². The molecule has 0 fully saturated rings. The summed E-state index contributed by atoms with van der Waals surface area (Å²) in [6, 6.07) is 13.8. The number of aryl methyl sites for hydroxylation is 3. The molecule has 0 aliphatic rings. The van der Waals surface area contributed by atoms with Crippen LogP contribution >= 0.6 is 11.8 Å². The van der Waals surface area contributed by atoms with E-state index in [0.717, 1.165) is 33.7 Å². The summed E-state index contributed by atoms with van der Waals surface area (Å²) in [4.78, 5) is 12.6. The Morgan fingerprint density at radius 3 is 2.73 bits per heavy atom. The standard InChI is InChI=1S/C23H25N7O2S/c1-15-5-6-16(2)19(11-15)30-23(26-27-28-30)33-14-22(31)25-21-9-10-24-29(21)13-18-7-8-20(32-4)17(3)12-18/h5-12H,13-14H2,1-4H3,(H,25,31). The average molecular weight is 464 g/mol. The first kappa shape index (κ1) is 22.5. The molecule has 2 heterocycles. The van der Waals surface area contributed by atoms with Crippen LogP contribution in [0.5, 0.6) is 5.75 Å². The first-order chi connectivity index (χ1) is 15.9. The number of amides is 1. The van der Waals surface area contributed by atoms with Crippen molar-refractivity contribution in [1.82, 2.24) is 30.0 Å². The highest BCUT2D eigenvalue weighted by Gasteiger charge is 2.15. The highest BCUT2D eigenvalue weighted by Crippen LogP contribution is 2.23. The number of hydrogen-bond acceptors (Lipinski definition) is 7. The molecule has 0 aliphatic carbocycles. The van der Waals surface area contributed by atoms with Crippen molar-refractivity contribution in [2.75, 3.05) is 18.2 Å². The Labute approximate surface area is 196 Å². The van der Waals surface area contributed by atoms with Gasteiger partial charge in [-0.3, -0.25) is 4.79 Å². The molecular weight excluding hydrogens is 438 g/mol. The van der Waals surface area contributed by atoms with E-state index < -0.39 is 0 Å². The molecule has 0 bridgehead atoms. The zero-order chi connectivity index (χ0) is 23.4. The Balaban J connectivity index is 1.40. The van der Waals surface area contributed by atoms with Crippen LogP contribution in [-0.2, 0) is 11.3 Å². The number of benzene rings is 2. The maximum atomic E-state index is 12.6. The van der Waals surface area contributed by atoms with Gasteiger partial charge in [-0.05, 0) is 65.6 Å². The van der Waals surface area contributed by atoms with Gasteiger partial charge < -0.3 is 10.1 Å². The summed E-state index contributed by atoms with van der Waals surface area (Å²) in [7, 11) is 1.65. The first-order valence-electron chi connectivity index (χ1n) is 10.4. The molecule has 0 aliphatic heterocycles. The van der Waals surface area contributed by atoms with Crippen molar-refractivity contribution in [1.29, 1.82) is 0 Å². The fourth-order valence-corrected chi connectivity index (χ4v) is 4.14. The van der Waals surface area contributed by atoms with Crippen molar-refractivity contribution < 1.29 is 9.53 Å². The number of thioether (sulfide) groups is 1. The minimum absolute atomic E-state index is 0.164. The lowest BCUT2D eigenvalue weighted by atomic mass is 10.1. The monoisotopic (exact) mass is 463 g/mol. The van der Waals surface area contributed by atoms with Gasteiger partial charge in [0.1, 0.15) is 11.6 Å². The maximum absolute atomic E-state index is 12.6. The lowest BCUT2D eigenvalue weighted by Gasteiger charge is -2.11. The van der Waals surface area contributed by atoms with Gasteiger partial charge in [0.2, 0.25) is 11.1 Å². The molecule has 9 nitrogen and oxygen atoms in total. The number of carbonyl (C=O) groups is 1. The molecule has 0 saturated carbocycles. The van der Waals surface area contributed by atoms with Gasteiger partial charge in [0.25, 0.3) is 0 Å². The molecule has 0 radical (unpaired) electrons. The van der Waals surface area contributed by atoms with Gasteiger partial charge in [-0.1, -0.05) is 36.0 Å². The molecule has 1 amide bonds. The molecule has 2 aromatic carbocycles. The second-order valence-corrected chi connectivity index (χ2v) is 8.62. The van der Waals surface area contributed by atoms with Crippen molar-refractivity contribution >= 4 is 23.5 Å². The first-order valence-corrected chi connectivity index (χ1v) is 11.4. The van der Waals surface area contributed by atoms with Crippen molar-refractivity contribution in [3.8, 4) is 11.4 Å². The number of methoxy groups -OCH3 is 1. The van der Waals surface area contributed by atoms with Crippen LogP contribution in [0.4, 0.5) is 5.82 Å². The third-order valence-electron chi connectivity index (χ3n) is 5.14. The quantitative estimate of drug-likeness (QED) is 0.399. The predicted molar refractivity (Wildman–Crippen MR) is 127 cm³/mol. The highest BCUT2D eigenvalue weighted by atomic mass is 32.2. The summed E-state index contributed by atoms with van der Waals surface area (Å²) in [6.45, 7) is 6.55. The molecule has 4 aromatic rings. The van der Waals surface area contributed by atoms with Crippen LogP contribution in [-0.4, -0.2) is 48.8 Å². The number of nitrogens with one attached hydrogen (secondary N) is 1. The van der Waals surface area contributed by atoms with E-state index in [1.165, 1.54) is 11.8 Å². The number of ether oxygens (including phenoxy) is 1. The van der Waals surface area contributed by atoms with Gasteiger partial charge in [0, 0.05) is 6.07 Å². The number of carbonyl (C=O) groups excluding carboxylic acids is 1. The van der Waals surface area contributed by atoms with E-state index in [2.05, 4.69) is 32.0 Å². The average Bonchev–Trinajstić information content (AvgIpc) is 3.43. The molecule has 0 saturated heterocycles. The number of nitrogens with zero attached hydrogens (tertiary/aromatic N) is 6. The summed E-state index contributed by atoms with van der Waals surface area (Å²) >= 11 is 1.28. The van der Waals surface area contributed by atoms with Gasteiger partial charge in [-0.25, -0.2) is 4.68 Å². The van der Waals surface area contributed by atoms with E-state index in [-0.39, 0.29) is 11.7 Å². The van der Waals surface area contributed by atoms with Crippen molar-refractivity contribution in [2.45, 2.75) is 32.5 Å². The Bertz CT molecular complexity index is 1280. The molecule has 33 heavy (non-hydrogen) atoms. The lowest BCUT2D eigenvalue weighted by molar-refractivity contribution is -0.113. The number of hydrogen-bond donors (Lipinski definition) is 1. The van der Waals surface area contributed by atoms with Crippen LogP contribution < -0.4 is 10.1 Å². The smallest absolute Gasteiger partial charge is 0.235 e. The number of anilines is 1. The second-order valence-electron chi connectivity index (χ2n) is 7.68. The molecule has 10 heteroatoms. The van der Waals surface area contributed by atoms with Crippen LogP contribution in [0, 0.1) is 20.8 Å². The van der Waals surface area contributed by atoms with Gasteiger partial charge in [-0.2, -0.15) is 9.78 Å². The van der Waals surface area contributed by atoms with Crippen LogP contribution in [0.3, 0.4) is 0 Å². The lowest BCUT2D eigenvalue weighted by Crippen LogP contribution is -2.18. The van der Waals surface area contributed by atoms with Crippen LogP contribution in [0.2, 0.25) is 0 Å². The van der Waals surface area contributed by atoms with Gasteiger partial charge >= 0.3 is 0 Å². The van der Waals surface area contributed by atoms with Crippen molar-refractivity contribution in [3.63, 3.8) is 0 Å². The van der Waals surface area contributed by atoms with E-state index in [1.807, 2.05) is 51.1 Å². The number of tetrazole rings is 1.